The van der Waals surface area contributed by atoms with Gasteiger partial charge in [0.25, 0.3) is 5.91 Å². The standard InChI is InChI=1S/C31H35N3O/c1-3-5-22-33(24-25-16-10-7-11-17-25)31(35)29-28(26-18-12-8-13-19-26)32-30(34(29)23-6-4-2)27-20-14-9-15-21-27/h7-21H,3-6,22-24H2,1-2H3. The van der Waals surface area contributed by atoms with Gasteiger partial charge in [0.15, 0.2) is 0 Å². The third kappa shape index (κ3) is 5.89. The van der Waals surface area contributed by atoms with E-state index in [1.807, 2.05) is 71.6 Å². The van der Waals surface area contributed by atoms with Gasteiger partial charge in [0, 0.05) is 30.8 Å². The normalized spacial score (nSPS) is 10.9. The van der Waals surface area contributed by atoms with Gasteiger partial charge in [-0.15, -0.1) is 0 Å². The van der Waals surface area contributed by atoms with Crippen molar-refractivity contribution in [2.45, 2.75) is 52.6 Å². The number of benzene rings is 3. The molecule has 1 amide bonds. The maximum absolute atomic E-state index is 14.3. The van der Waals surface area contributed by atoms with E-state index < -0.39 is 0 Å². The molecule has 0 saturated heterocycles. The molecule has 35 heavy (non-hydrogen) atoms. The van der Waals surface area contributed by atoms with Crippen molar-refractivity contribution in [3.63, 3.8) is 0 Å². The zero-order valence-electron chi connectivity index (χ0n) is 20.9. The minimum Gasteiger partial charge on any atom is -0.333 e. The number of carbonyl (C=O) groups is 1. The Hall–Kier alpha value is -3.66. The number of rotatable bonds is 11. The SMILES string of the molecule is CCCCN(Cc1ccccc1)C(=O)c1c(-c2ccccc2)nc(-c2ccccc2)n1CCCC. The maximum atomic E-state index is 14.3. The molecule has 0 aliphatic rings. The van der Waals surface area contributed by atoms with E-state index in [0.717, 1.165) is 67.0 Å². The highest BCUT2D eigenvalue weighted by molar-refractivity contribution is 5.99. The fourth-order valence-electron chi connectivity index (χ4n) is 4.36. The topological polar surface area (TPSA) is 38.1 Å². The van der Waals surface area contributed by atoms with Crippen molar-refractivity contribution >= 4 is 5.91 Å². The summed E-state index contributed by atoms with van der Waals surface area (Å²) in [7, 11) is 0. The van der Waals surface area contributed by atoms with Gasteiger partial charge in [0.2, 0.25) is 0 Å². The fraction of sp³-hybridized carbons (Fsp3) is 0.290. The molecule has 0 spiro atoms. The van der Waals surface area contributed by atoms with Crippen molar-refractivity contribution < 1.29 is 4.79 Å². The molecule has 0 unspecified atom stereocenters. The molecule has 0 aliphatic carbocycles. The van der Waals surface area contributed by atoms with Crippen molar-refractivity contribution in [3.8, 4) is 22.6 Å². The summed E-state index contributed by atoms with van der Waals surface area (Å²) in [5, 5.41) is 0. The molecular formula is C31H35N3O. The van der Waals surface area contributed by atoms with Gasteiger partial charge < -0.3 is 9.47 Å². The van der Waals surface area contributed by atoms with Gasteiger partial charge in [0.1, 0.15) is 17.2 Å². The predicted octanol–water partition coefficient (Wildman–Crippen LogP) is 7.46. The first-order valence-corrected chi connectivity index (χ1v) is 12.8. The first-order valence-electron chi connectivity index (χ1n) is 12.8. The predicted molar refractivity (Wildman–Crippen MR) is 144 cm³/mol. The number of imidazole rings is 1. The molecule has 0 saturated carbocycles. The van der Waals surface area contributed by atoms with Crippen molar-refractivity contribution in [1.82, 2.24) is 14.5 Å². The third-order valence-electron chi connectivity index (χ3n) is 6.27. The van der Waals surface area contributed by atoms with E-state index in [1.54, 1.807) is 0 Å². The summed E-state index contributed by atoms with van der Waals surface area (Å²) in [6.07, 6.45) is 4.03. The molecule has 0 fully saturated rings. The molecule has 0 atom stereocenters. The van der Waals surface area contributed by atoms with Crippen LogP contribution in [-0.4, -0.2) is 26.9 Å². The van der Waals surface area contributed by atoms with Crippen LogP contribution in [-0.2, 0) is 13.1 Å². The summed E-state index contributed by atoms with van der Waals surface area (Å²) >= 11 is 0. The zero-order valence-corrected chi connectivity index (χ0v) is 20.9. The first-order chi connectivity index (χ1) is 17.2. The largest absolute Gasteiger partial charge is 0.333 e. The molecule has 4 heteroatoms. The Morgan fingerprint density at radius 2 is 1.34 bits per heavy atom. The second kappa shape index (κ2) is 12.2. The van der Waals surface area contributed by atoms with Gasteiger partial charge in [0.05, 0.1) is 0 Å². The molecule has 180 valence electrons. The second-order valence-corrected chi connectivity index (χ2v) is 8.94. The van der Waals surface area contributed by atoms with Crippen LogP contribution in [0, 0.1) is 0 Å². The van der Waals surface area contributed by atoms with Crippen molar-refractivity contribution in [2.24, 2.45) is 0 Å². The van der Waals surface area contributed by atoms with E-state index in [-0.39, 0.29) is 5.91 Å². The van der Waals surface area contributed by atoms with Crippen LogP contribution in [0.3, 0.4) is 0 Å². The zero-order chi connectivity index (χ0) is 24.5. The number of carbonyl (C=O) groups excluding carboxylic acids is 1. The first kappa shape index (κ1) is 24.5. The molecule has 4 aromatic rings. The molecule has 0 bridgehead atoms. The summed E-state index contributed by atoms with van der Waals surface area (Å²) in [5.41, 5.74) is 4.60. The number of unbranched alkanes of at least 4 members (excludes halogenated alkanes) is 2. The van der Waals surface area contributed by atoms with E-state index in [0.29, 0.717) is 12.2 Å². The van der Waals surface area contributed by atoms with E-state index in [9.17, 15) is 4.79 Å². The molecule has 1 aromatic heterocycles. The Morgan fingerprint density at radius 3 is 1.94 bits per heavy atom. The Bertz CT molecular complexity index is 1200. The monoisotopic (exact) mass is 465 g/mol. The van der Waals surface area contributed by atoms with E-state index in [2.05, 4.69) is 42.7 Å². The molecular weight excluding hydrogens is 430 g/mol. The highest BCUT2D eigenvalue weighted by Gasteiger charge is 2.28. The van der Waals surface area contributed by atoms with Crippen LogP contribution in [0.4, 0.5) is 0 Å². The lowest BCUT2D eigenvalue weighted by atomic mass is 10.1. The number of hydrogen-bond acceptors (Lipinski definition) is 2. The summed E-state index contributed by atoms with van der Waals surface area (Å²) in [6, 6.07) is 30.6. The summed E-state index contributed by atoms with van der Waals surface area (Å²) < 4.78 is 2.16. The van der Waals surface area contributed by atoms with Crippen LogP contribution in [0.15, 0.2) is 91.0 Å². The van der Waals surface area contributed by atoms with Crippen LogP contribution in [0.25, 0.3) is 22.6 Å². The van der Waals surface area contributed by atoms with Crippen molar-refractivity contribution in [3.05, 3.63) is 102 Å². The smallest absolute Gasteiger partial charge is 0.273 e. The second-order valence-electron chi connectivity index (χ2n) is 8.94. The third-order valence-corrected chi connectivity index (χ3v) is 6.27. The average molecular weight is 466 g/mol. The molecule has 0 aliphatic heterocycles. The Morgan fingerprint density at radius 1 is 0.771 bits per heavy atom. The Balaban J connectivity index is 1.86. The van der Waals surface area contributed by atoms with Gasteiger partial charge in [-0.3, -0.25) is 4.79 Å². The molecule has 0 N–H and O–H groups in total. The lowest BCUT2D eigenvalue weighted by Crippen LogP contribution is -2.33. The van der Waals surface area contributed by atoms with E-state index >= 15 is 0 Å². The average Bonchev–Trinajstić information content (AvgIpc) is 3.30. The quantitative estimate of drug-likeness (QED) is 0.231. The van der Waals surface area contributed by atoms with Crippen molar-refractivity contribution in [1.29, 1.82) is 0 Å². The minimum atomic E-state index is 0.0481. The molecule has 4 nitrogen and oxygen atoms in total. The van der Waals surface area contributed by atoms with Gasteiger partial charge >= 0.3 is 0 Å². The fourth-order valence-corrected chi connectivity index (χ4v) is 4.36. The maximum Gasteiger partial charge on any atom is 0.273 e. The number of hydrogen-bond donors (Lipinski definition) is 0. The summed E-state index contributed by atoms with van der Waals surface area (Å²) in [4.78, 5) is 21.5. The van der Waals surface area contributed by atoms with E-state index in [1.165, 1.54) is 0 Å². The van der Waals surface area contributed by atoms with Crippen LogP contribution < -0.4 is 0 Å². The summed E-state index contributed by atoms with van der Waals surface area (Å²) in [5.74, 6) is 0.906. The number of aromatic nitrogens is 2. The highest BCUT2D eigenvalue weighted by atomic mass is 16.2. The van der Waals surface area contributed by atoms with Crippen LogP contribution in [0.1, 0.15) is 55.6 Å². The number of nitrogens with zero attached hydrogens (tertiary/aromatic N) is 3. The van der Waals surface area contributed by atoms with Gasteiger partial charge in [-0.2, -0.15) is 0 Å². The van der Waals surface area contributed by atoms with Gasteiger partial charge in [-0.05, 0) is 18.4 Å². The van der Waals surface area contributed by atoms with Crippen LogP contribution >= 0.6 is 0 Å². The van der Waals surface area contributed by atoms with Gasteiger partial charge in [-0.1, -0.05) is 118 Å². The molecule has 4 rings (SSSR count). The highest BCUT2D eigenvalue weighted by Crippen LogP contribution is 2.31. The summed E-state index contributed by atoms with van der Waals surface area (Å²) in [6.45, 7) is 6.42. The molecule has 3 aromatic carbocycles. The van der Waals surface area contributed by atoms with Crippen LogP contribution in [0.5, 0.6) is 0 Å². The van der Waals surface area contributed by atoms with Gasteiger partial charge in [-0.25, -0.2) is 4.98 Å². The Labute approximate surface area is 209 Å². The number of amides is 1. The Kier molecular flexibility index (Phi) is 8.50. The van der Waals surface area contributed by atoms with Crippen molar-refractivity contribution in [2.75, 3.05) is 6.54 Å². The lowest BCUT2D eigenvalue weighted by molar-refractivity contribution is 0.0730. The lowest BCUT2D eigenvalue weighted by Gasteiger charge is -2.24. The van der Waals surface area contributed by atoms with Crippen LogP contribution in [0.2, 0.25) is 0 Å². The molecule has 1 heterocycles. The minimum absolute atomic E-state index is 0.0481. The molecule has 0 radical (unpaired) electrons. The van der Waals surface area contributed by atoms with E-state index in [4.69, 9.17) is 4.98 Å².